The quantitative estimate of drug-likeness (QED) is 0.531. The van der Waals surface area contributed by atoms with E-state index in [1.165, 1.54) is 0 Å². The molecule has 0 aromatic rings. The first-order valence-electron chi connectivity index (χ1n) is 6.21. The highest BCUT2D eigenvalue weighted by atomic mass is 16.7. The minimum Gasteiger partial charge on any atom is -0.433 e. The van der Waals surface area contributed by atoms with Crippen LogP contribution in [-0.4, -0.2) is 18.4 Å². The highest BCUT2D eigenvalue weighted by Crippen LogP contribution is 2.44. The first-order valence-corrected chi connectivity index (χ1v) is 6.21. The first kappa shape index (κ1) is 10.3. The van der Waals surface area contributed by atoms with Crippen LogP contribution in [-0.2, 0) is 14.3 Å². The molecule has 3 aliphatic rings. The molecule has 2 fully saturated rings. The van der Waals surface area contributed by atoms with Crippen molar-refractivity contribution >= 4 is 5.97 Å². The predicted octanol–water partition coefficient (Wildman–Crippen LogP) is 2.27. The molecule has 1 heterocycles. The van der Waals surface area contributed by atoms with Gasteiger partial charge in [0.2, 0.25) is 5.79 Å². The third-order valence-corrected chi connectivity index (χ3v) is 4.08. The lowest BCUT2D eigenvalue weighted by atomic mass is 9.94. The highest BCUT2D eigenvalue weighted by molar-refractivity contribution is 5.74. The summed E-state index contributed by atoms with van der Waals surface area (Å²) in [5, 5.41) is 0. The molecule has 0 N–H and O–H groups in total. The van der Waals surface area contributed by atoms with Crippen molar-refractivity contribution in [3.05, 3.63) is 12.2 Å². The zero-order chi connectivity index (χ0) is 11.2. The molecule has 1 saturated heterocycles. The number of hydrogen-bond donors (Lipinski definition) is 0. The van der Waals surface area contributed by atoms with Gasteiger partial charge in [0.05, 0.1) is 12.5 Å². The molecule has 16 heavy (non-hydrogen) atoms. The van der Waals surface area contributed by atoms with Gasteiger partial charge in [-0.3, -0.25) is 4.79 Å². The van der Waals surface area contributed by atoms with E-state index in [1.54, 1.807) is 0 Å². The highest BCUT2D eigenvalue weighted by Gasteiger charge is 2.43. The molecule has 88 valence electrons. The summed E-state index contributed by atoms with van der Waals surface area (Å²) in [5.41, 5.74) is 0. The van der Waals surface area contributed by atoms with Gasteiger partial charge in [-0.25, -0.2) is 0 Å². The lowest BCUT2D eigenvalue weighted by Gasteiger charge is -2.26. The van der Waals surface area contributed by atoms with Crippen LogP contribution in [0.25, 0.3) is 0 Å². The molecule has 2 aliphatic carbocycles. The smallest absolute Gasteiger partial charge is 0.312 e. The van der Waals surface area contributed by atoms with Crippen LogP contribution in [0.3, 0.4) is 0 Å². The van der Waals surface area contributed by atoms with E-state index in [1.807, 2.05) is 6.92 Å². The maximum absolute atomic E-state index is 12.1. The third-order valence-electron chi connectivity index (χ3n) is 4.08. The van der Waals surface area contributed by atoms with Gasteiger partial charge < -0.3 is 9.47 Å². The molecule has 2 bridgehead atoms. The summed E-state index contributed by atoms with van der Waals surface area (Å²) >= 11 is 0. The SMILES string of the molecule is C[C@]1(OC(=O)[C@H]2C[C@H]3C=C[C@H]2C3)CCCO1. The van der Waals surface area contributed by atoms with Crippen molar-refractivity contribution in [3.8, 4) is 0 Å². The minimum absolute atomic E-state index is 0.0544. The number of carbonyl (C=O) groups excluding carboxylic acids is 1. The summed E-state index contributed by atoms with van der Waals surface area (Å²) in [6.45, 7) is 2.58. The largest absolute Gasteiger partial charge is 0.433 e. The van der Waals surface area contributed by atoms with Gasteiger partial charge in [-0.2, -0.15) is 0 Å². The number of carbonyl (C=O) groups is 1. The second-order valence-electron chi connectivity index (χ2n) is 5.39. The van der Waals surface area contributed by atoms with Crippen LogP contribution in [0, 0.1) is 17.8 Å². The number of esters is 1. The monoisotopic (exact) mass is 222 g/mol. The maximum Gasteiger partial charge on any atom is 0.312 e. The van der Waals surface area contributed by atoms with Crippen molar-refractivity contribution < 1.29 is 14.3 Å². The Labute approximate surface area is 95.8 Å². The molecule has 3 heteroatoms. The van der Waals surface area contributed by atoms with Gasteiger partial charge in [-0.15, -0.1) is 0 Å². The number of ether oxygens (including phenoxy) is 2. The van der Waals surface area contributed by atoms with Crippen LogP contribution in [0.1, 0.15) is 32.6 Å². The van der Waals surface area contributed by atoms with Crippen LogP contribution >= 0.6 is 0 Å². The van der Waals surface area contributed by atoms with E-state index in [9.17, 15) is 4.79 Å². The summed E-state index contributed by atoms with van der Waals surface area (Å²) in [6.07, 6.45) is 8.34. The van der Waals surface area contributed by atoms with E-state index < -0.39 is 5.79 Å². The van der Waals surface area contributed by atoms with Crippen LogP contribution in [0.5, 0.6) is 0 Å². The average Bonchev–Trinajstić information content (AvgIpc) is 2.92. The Bertz CT molecular complexity index is 328. The van der Waals surface area contributed by atoms with Crippen LogP contribution < -0.4 is 0 Å². The summed E-state index contributed by atoms with van der Waals surface area (Å²) in [5.74, 6) is 0.405. The van der Waals surface area contributed by atoms with Gasteiger partial charge in [-0.1, -0.05) is 12.2 Å². The topological polar surface area (TPSA) is 35.5 Å². The van der Waals surface area contributed by atoms with E-state index in [2.05, 4.69) is 12.2 Å². The van der Waals surface area contributed by atoms with Crippen molar-refractivity contribution in [1.82, 2.24) is 0 Å². The second-order valence-corrected chi connectivity index (χ2v) is 5.39. The van der Waals surface area contributed by atoms with Crippen molar-refractivity contribution in [1.29, 1.82) is 0 Å². The van der Waals surface area contributed by atoms with Crippen LogP contribution in [0.15, 0.2) is 12.2 Å². The normalized spacial score (nSPS) is 45.2. The van der Waals surface area contributed by atoms with Crippen molar-refractivity contribution in [2.45, 2.75) is 38.4 Å². The zero-order valence-electron chi connectivity index (χ0n) is 9.65. The predicted molar refractivity (Wildman–Crippen MR) is 58.5 cm³/mol. The van der Waals surface area contributed by atoms with Crippen molar-refractivity contribution in [2.24, 2.45) is 17.8 Å². The number of allylic oxidation sites excluding steroid dienone is 2. The third kappa shape index (κ3) is 1.67. The summed E-state index contributed by atoms with van der Waals surface area (Å²) < 4.78 is 11.0. The minimum atomic E-state index is -0.650. The average molecular weight is 222 g/mol. The Morgan fingerprint density at radius 2 is 2.31 bits per heavy atom. The molecule has 0 unspecified atom stereocenters. The van der Waals surface area contributed by atoms with Crippen LogP contribution in [0.4, 0.5) is 0 Å². The first-order chi connectivity index (χ1) is 7.66. The van der Waals surface area contributed by atoms with Gasteiger partial charge in [-0.05, 0) is 31.1 Å². The molecular weight excluding hydrogens is 204 g/mol. The summed E-state index contributed by atoms with van der Waals surface area (Å²) in [7, 11) is 0. The molecule has 3 rings (SSSR count). The van der Waals surface area contributed by atoms with Crippen LogP contribution in [0.2, 0.25) is 0 Å². The molecule has 1 aliphatic heterocycles. The molecule has 1 saturated carbocycles. The fraction of sp³-hybridized carbons (Fsp3) is 0.769. The molecule has 0 aromatic carbocycles. The molecule has 0 radical (unpaired) electrons. The lowest BCUT2D eigenvalue weighted by molar-refractivity contribution is -0.210. The fourth-order valence-corrected chi connectivity index (χ4v) is 3.17. The van der Waals surface area contributed by atoms with Gasteiger partial charge in [0, 0.05) is 13.3 Å². The molecular formula is C13H18O3. The molecule has 0 amide bonds. The van der Waals surface area contributed by atoms with Gasteiger partial charge in [0.15, 0.2) is 0 Å². The Morgan fingerprint density at radius 3 is 2.88 bits per heavy atom. The molecule has 0 aromatic heterocycles. The molecule has 0 spiro atoms. The van der Waals surface area contributed by atoms with Gasteiger partial charge in [0.25, 0.3) is 0 Å². The van der Waals surface area contributed by atoms with Gasteiger partial charge in [0.1, 0.15) is 0 Å². The lowest BCUT2D eigenvalue weighted by Crippen LogP contribution is -2.34. The van der Waals surface area contributed by atoms with Crippen molar-refractivity contribution in [3.63, 3.8) is 0 Å². The second kappa shape index (κ2) is 3.59. The Kier molecular flexibility index (Phi) is 2.32. The fourth-order valence-electron chi connectivity index (χ4n) is 3.17. The summed E-state index contributed by atoms with van der Waals surface area (Å²) in [6, 6.07) is 0. The Hall–Kier alpha value is -0.830. The zero-order valence-corrected chi connectivity index (χ0v) is 9.65. The van der Waals surface area contributed by atoms with E-state index >= 15 is 0 Å². The summed E-state index contributed by atoms with van der Waals surface area (Å²) in [4.78, 5) is 12.1. The number of hydrogen-bond acceptors (Lipinski definition) is 3. The molecule has 3 nitrogen and oxygen atoms in total. The standard InChI is InChI=1S/C13H18O3/c1-13(5-2-6-15-13)16-12(14)11-8-9-3-4-10(11)7-9/h3-4,9-11H,2,5-8H2,1H3/t9-,10-,11-,13-/m0/s1. The van der Waals surface area contributed by atoms with Gasteiger partial charge >= 0.3 is 5.97 Å². The van der Waals surface area contributed by atoms with E-state index in [0.29, 0.717) is 18.4 Å². The molecule has 4 atom stereocenters. The Morgan fingerprint density at radius 1 is 1.44 bits per heavy atom. The Balaban J connectivity index is 1.63. The van der Waals surface area contributed by atoms with Crippen molar-refractivity contribution in [2.75, 3.05) is 6.61 Å². The van der Waals surface area contributed by atoms with E-state index in [0.717, 1.165) is 25.7 Å². The number of rotatable bonds is 2. The van der Waals surface area contributed by atoms with E-state index in [4.69, 9.17) is 9.47 Å². The maximum atomic E-state index is 12.1. The van der Waals surface area contributed by atoms with E-state index in [-0.39, 0.29) is 11.9 Å². The number of fused-ring (bicyclic) bond motifs is 2.